The van der Waals surface area contributed by atoms with Gasteiger partial charge in [0.2, 0.25) is 0 Å². The third-order valence-electron chi connectivity index (χ3n) is 3.72. The maximum atomic E-state index is 12.8. The van der Waals surface area contributed by atoms with Gasteiger partial charge in [-0.15, -0.1) is 0 Å². The number of amides is 1. The van der Waals surface area contributed by atoms with E-state index < -0.39 is 36.1 Å². The van der Waals surface area contributed by atoms with Crippen molar-refractivity contribution in [2.75, 3.05) is 0 Å². The molecule has 11 heteroatoms. The Labute approximate surface area is 149 Å². The monoisotopic (exact) mass is 395 g/mol. The number of benzene rings is 1. The summed E-state index contributed by atoms with van der Waals surface area (Å²) in [4.78, 5) is 11.8. The van der Waals surface area contributed by atoms with Gasteiger partial charge in [-0.2, -0.15) is 31.4 Å². The smallest absolute Gasteiger partial charge is 0.406 e. The molecule has 27 heavy (non-hydrogen) atoms. The van der Waals surface area contributed by atoms with Gasteiger partial charge in [0.25, 0.3) is 0 Å². The second kappa shape index (κ2) is 7.12. The molecular weight excluding hydrogens is 380 g/mol. The molecule has 0 aliphatic rings. The molecular formula is C16H15F6N3O2. The predicted octanol–water partition coefficient (Wildman–Crippen LogP) is 4.36. The second-order valence-corrected chi connectivity index (χ2v) is 5.78. The largest absolute Gasteiger partial charge is 0.416 e. The number of aromatic nitrogens is 2. The van der Waals surface area contributed by atoms with Gasteiger partial charge in [-0.05, 0) is 37.6 Å². The molecule has 2 aromatic rings. The summed E-state index contributed by atoms with van der Waals surface area (Å²) in [7, 11) is 1.62. The van der Waals surface area contributed by atoms with Crippen LogP contribution in [0.25, 0.3) is 0 Å². The van der Waals surface area contributed by atoms with Crippen molar-refractivity contribution in [1.29, 1.82) is 0 Å². The molecule has 0 aliphatic carbocycles. The Balaban J connectivity index is 2.18. The van der Waals surface area contributed by atoms with Crippen molar-refractivity contribution in [3.63, 3.8) is 0 Å². The summed E-state index contributed by atoms with van der Waals surface area (Å²) in [6, 6.07) is 1.09. The Hall–Kier alpha value is -2.72. The van der Waals surface area contributed by atoms with E-state index in [0.717, 1.165) is 0 Å². The van der Waals surface area contributed by atoms with Crippen LogP contribution in [-0.2, 0) is 25.9 Å². The van der Waals surface area contributed by atoms with E-state index in [1.807, 2.05) is 0 Å². The predicted molar refractivity (Wildman–Crippen MR) is 82.0 cm³/mol. The van der Waals surface area contributed by atoms with Gasteiger partial charge in [0.05, 0.1) is 16.8 Å². The number of nitrogens with one attached hydrogen (secondary N) is 1. The molecule has 1 N–H and O–H groups in total. The summed E-state index contributed by atoms with van der Waals surface area (Å²) in [6.07, 6.45) is -10.9. The lowest BCUT2D eigenvalue weighted by molar-refractivity contribution is -0.143. The van der Waals surface area contributed by atoms with Crippen LogP contribution in [0.4, 0.5) is 31.1 Å². The topological polar surface area (TPSA) is 56.2 Å². The van der Waals surface area contributed by atoms with Gasteiger partial charge in [0, 0.05) is 13.6 Å². The van der Waals surface area contributed by atoms with Crippen LogP contribution in [0.2, 0.25) is 0 Å². The Morgan fingerprint density at radius 2 is 1.59 bits per heavy atom. The molecule has 0 radical (unpaired) electrons. The number of rotatable bonds is 3. The van der Waals surface area contributed by atoms with Crippen molar-refractivity contribution in [3.8, 4) is 5.75 Å². The van der Waals surface area contributed by atoms with E-state index in [1.165, 1.54) is 4.68 Å². The van der Waals surface area contributed by atoms with Crippen LogP contribution in [0.15, 0.2) is 18.2 Å². The third kappa shape index (κ3) is 4.92. The zero-order valence-corrected chi connectivity index (χ0v) is 14.4. The lowest BCUT2D eigenvalue weighted by Gasteiger charge is -2.14. The first kappa shape index (κ1) is 20.6. The van der Waals surface area contributed by atoms with Crippen molar-refractivity contribution < 1.29 is 35.9 Å². The number of aryl methyl sites for hydroxylation is 2. The van der Waals surface area contributed by atoms with Crippen LogP contribution >= 0.6 is 0 Å². The highest BCUT2D eigenvalue weighted by molar-refractivity contribution is 5.71. The first-order valence-electron chi connectivity index (χ1n) is 7.53. The van der Waals surface area contributed by atoms with E-state index in [4.69, 9.17) is 4.74 Å². The van der Waals surface area contributed by atoms with E-state index in [2.05, 4.69) is 10.4 Å². The summed E-state index contributed by atoms with van der Waals surface area (Å²) in [5, 5.41) is 6.16. The van der Waals surface area contributed by atoms with Crippen LogP contribution in [0.5, 0.6) is 5.75 Å². The molecule has 148 valence electrons. The SMILES string of the molecule is Cc1nn(C)c(C)c1OC(=O)NCc1cc(C(F)(F)F)cc(C(F)(F)F)c1. The Bertz CT molecular complexity index is 823. The normalized spacial score (nSPS) is 12.2. The highest BCUT2D eigenvalue weighted by Gasteiger charge is 2.36. The number of carbonyl (C=O) groups excluding carboxylic acids is 1. The van der Waals surface area contributed by atoms with Gasteiger partial charge < -0.3 is 10.1 Å². The van der Waals surface area contributed by atoms with Crippen molar-refractivity contribution >= 4 is 6.09 Å². The van der Waals surface area contributed by atoms with E-state index in [-0.39, 0.29) is 17.4 Å². The quantitative estimate of drug-likeness (QED) is 0.786. The molecule has 2 rings (SSSR count). The van der Waals surface area contributed by atoms with E-state index in [1.54, 1.807) is 20.9 Å². The fraction of sp³-hybridized carbons (Fsp3) is 0.375. The Kier molecular flexibility index (Phi) is 5.43. The Morgan fingerprint density at radius 1 is 1.07 bits per heavy atom. The minimum Gasteiger partial charge on any atom is -0.406 e. The van der Waals surface area contributed by atoms with Crippen LogP contribution in [0.3, 0.4) is 0 Å². The Morgan fingerprint density at radius 3 is 2.00 bits per heavy atom. The van der Waals surface area contributed by atoms with Gasteiger partial charge in [0.15, 0.2) is 5.75 Å². The molecule has 1 amide bonds. The van der Waals surface area contributed by atoms with Crippen molar-refractivity contribution in [3.05, 3.63) is 46.3 Å². The molecule has 1 heterocycles. The minimum atomic E-state index is -4.96. The molecule has 0 unspecified atom stereocenters. The van der Waals surface area contributed by atoms with Gasteiger partial charge >= 0.3 is 18.4 Å². The summed E-state index contributed by atoms with van der Waals surface area (Å²) >= 11 is 0. The molecule has 5 nitrogen and oxygen atoms in total. The van der Waals surface area contributed by atoms with Gasteiger partial charge in [-0.1, -0.05) is 0 Å². The fourth-order valence-corrected chi connectivity index (χ4v) is 2.33. The number of hydrogen-bond acceptors (Lipinski definition) is 3. The summed E-state index contributed by atoms with van der Waals surface area (Å²) < 4.78 is 83.4. The van der Waals surface area contributed by atoms with Crippen molar-refractivity contribution in [2.45, 2.75) is 32.7 Å². The molecule has 0 saturated carbocycles. The summed E-state index contributed by atoms with van der Waals surface area (Å²) in [6.45, 7) is 2.63. The average Bonchev–Trinajstić information content (AvgIpc) is 2.77. The number of ether oxygens (including phenoxy) is 1. The van der Waals surface area contributed by atoms with Gasteiger partial charge in [-0.25, -0.2) is 4.79 Å². The first-order chi connectivity index (χ1) is 12.3. The van der Waals surface area contributed by atoms with E-state index in [0.29, 0.717) is 23.5 Å². The highest BCUT2D eigenvalue weighted by Crippen LogP contribution is 2.36. The maximum absolute atomic E-state index is 12.8. The van der Waals surface area contributed by atoms with Gasteiger partial charge in [-0.3, -0.25) is 4.68 Å². The van der Waals surface area contributed by atoms with Crippen LogP contribution < -0.4 is 10.1 Å². The first-order valence-corrected chi connectivity index (χ1v) is 7.53. The van der Waals surface area contributed by atoms with Gasteiger partial charge in [0.1, 0.15) is 5.69 Å². The molecule has 0 spiro atoms. The fourth-order valence-electron chi connectivity index (χ4n) is 2.33. The molecule has 0 saturated heterocycles. The number of nitrogens with zero attached hydrogens (tertiary/aromatic N) is 2. The van der Waals surface area contributed by atoms with Crippen molar-refractivity contribution in [1.82, 2.24) is 15.1 Å². The summed E-state index contributed by atoms with van der Waals surface area (Å²) in [5.41, 5.74) is -2.35. The zero-order valence-electron chi connectivity index (χ0n) is 14.4. The van der Waals surface area contributed by atoms with Crippen LogP contribution in [0.1, 0.15) is 28.1 Å². The van der Waals surface area contributed by atoms with Crippen LogP contribution in [0, 0.1) is 13.8 Å². The molecule has 1 aromatic heterocycles. The molecule has 0 fully saturated rings. The minimum absolute atomic E-state index is 0.0180. The zero-order chi connectivity index (χ0) is 20.6. The lowest BCUT2D eigenvalue weighted by atomic mass is 10.0. The molecule has 0 aliphatic heterocycles. The number of hydrogen-bond donors (Lipinski definition) is 1. The number of halogens is 6. The number of carbonyl (C=O) groups is 1. The summed E-state index contributed by atoms with van der Waals surface area (Å²) in [5.74, 6) is 0.162. The lowest BCUT2D eigenvalue weighted by Crippen LogP contribution is -2.27. The van der Waals surface area contributed by atoms with E-state index >= 15 is 0 Å². The third-order valence-corrected chi connectivity index (χ3v) is 3.72. The van der Waals surface area contributed by atoms with Crippen LogP contribution in [-0.4, -0.2) is 15.9 Å². The average molecular weight is 395 g/mol. The molecule has 1 aromatic carbocycles. The second-order valence-electron chi connectivity index (χ2n) is 5.78. The number of alkyl halides is 6. The molecule has 0 bridgehead atoms. The van der Waals surface area contributed by atoms with Crippen molar-refractivity contribution in [2.24, 2.45) is 7.05 Å². The maximum Gasteiger partial charge on any atom is 0.416 e. The standard InChI is InChI=1S/C16H15F6N3O2/c1-8-13(9(2)25(3)24-8)27-14(26)23-7-10-4-11(15(17,18)19)6-12(5-10)16(20,21)22/h4-6H,7H2,1-3H3,(H,23,26). The molecule has 0 atom stereocenters. The highest BCUT2D eigenvalue weighted by atomic mass is 19.4. The van der Waals surface area contributed by atoms with E-state index in [9.17, 15) is 31.1 Å².